The van der Waals surface area contributed by atoms with Gasteiger partial charge in [0.1, 0.15) is 0 Å². The molecule has 0 unspecified atom stereocenters. The second-order valence-electron chi connectivity index (χ2n) is 3.50. The highest BCUT2D eigenvalue weighted by atomic mass is 35.5. The number of rotatable bonds is 5. The number of anilines is 1. The molecule has 0 radical (unpaired) electrons. The molecule has 17 heavy (non-hydrogen) atoms. The third-order valence-electron chi connectivity index (χ3n) is 2.20. The first-order valence-corrected chi connectivity index (χ1v) is 5.88. The smallest absolute Gasteiger partial charge is 0.251 e. The van der Waals surface area contributed by atoms with Crippen LogP contribution in [0.4, 0.5) is 5.69 Å². The van der Waals surface area contributed by atoms with Crippen LogP contribution in [-0.2, 0) is 4.79 Å². The first-order valence-electron chi connectivity index (χ1n) is 5.35. The number of carbonyl (C=O) groups excluding carboxylic acids is 2. The SMILES string of the molecule is CNC(=O)c1ccc(NC(=O)CCCCl)cc1. The average molecular weight is 255 g/mol. The van der Waals surface area contributed by atoms with Gasteiger partial charge in [-0.1, -0.05) is 0 Å². The van der Waals surface area contributed by atoms with Gasteiger partial charge in [0.25, 0.3) is 5.91 Å². The van der Waals surface area contributed by atoms with Gasteiger partial charge in [0, 0.05) is 30.6 Å². The summed E-state index contributed by atoms with van der Waals surface area (Å²) in [6.45, 7) is 0. The fourth-order valence-corrected chi connectivity index (χ4v) is 1.43. The number of amides is 2. The Labute approximate surface area is 105 Å². The normalized spacial score (nSPS) is 9.76. The minimum absolute atomic E-state index is 0.0710. The van der Waals surface area contributed by atoms with Crippen LogP contribution in [0, 0.1) is 0 Å². The van der Waals surface area contributed by atoms with Gasteiger partial charge < -0.3 is 10.6 Å². The van der Waals surface area contributed by atoms with Gasteiger partial charge in [-0.3, -0.25) is 9.59 Å². The predicted molar refractivity (Wildman–Crippen MR) is 68.4 cm³/mol. The topological polar surface area (TPSA) is 58.2 Å². The molecule has 0 aliphatic carbocycles. The van der Waals surface area contributed by atoms with E-state index in [4.69, 9.17) is 11.6 Å². The van der Waals surface area contributed by atoms with Gasteiger partial charge in [-0.05, 0) is 30.7 Å². The molecule has 2 N–H and O–H groups in total. The predicted octanol–water partition coefficient (Wildman–Crippen LogP) is 2.00. The van der Waals surface area contributed by atoms with Crippen molar-refractivity contribution in [2.75, 3.05) is 18.2 Å². The molecule has 4 nitrogen and oxygen atoms in total. The zero-order valence-electron chi connectivity index (χ0n) is 9.63. The molecule has 1 rings (SSSR count). The van der Waals surface area contributed by atoms with Gasteiger partial charge in [-0.2, -0.15) is 0 Å². The zero-order chi connectivity index (χ0) is 12.7. The van der Waals surface area contributed by atoms with Crippen molar-refractivity contribution in [1.29, 1.82) is 0 Å². The molecule has 1 aromatic carbocycles. The molecule has 0 spiro atoms. The lowest BCUT2D eigenvalue weighted by molar-refractivity contribution is -0.116. The highest BCUT2D eigenvalue weighted by Crippen LogP contribution is 2.10. The van der Waals surface area contributed by atoms with Crippen molar-refractivity contribution in [2.24, 2.45) is 0 Å². The van der Waals surface area contributed by atoms with Crippen LogP contribution in [0.1, 0.15) is 23.2 Å². The number of nitrogens with one attached hydrogen (secondary N) is 2. The summed E-state index contributed by atoms with van der Waals surface area (Å²) in [7, 11) is 1.57. The summed E-state index contributed by atoms with van der Waals surface area (Å²) in [5.41, 5.74) is 1.24. The monoisotopic (exact) mass is 254 g/mol. The quantitative estimate of drug-likeness (QED) is 0.790. The largest absolute Gasteiger partial charge is 0.355 e. The van der Waals surface area contributed by atoms with Crippen LogP contribution in [0.5, 0.6) is 0 Å². The van der Waals surface area contributed by atoms with E-state index in [2.05, 4.69) is 10.6 Å². The van der Waals surface area contributed by atoms with E-state index in [9.17, 15) is 9.59 Å². The van der Waals surface area contributed by atoms with Crippen LogP contribution < -0.4 is 10.6 Å². The minimum atomic E-state index is -0.148. The van der Waals surface area contributed by atoms with Gasteiger partial charge in [0.15, 0.2) is 0 Å². The van der Waals surface area contributed by atoms with Gasteiger partial charge in [0.2, 0.25) is 5.91 Å². The standard InChI is InChI=1S/C12H15ClN2O2/c1-14-12(17)9-4-6-10(7-5-9)15-11(16)3-2-8-13/h4-7H,2-3,8H2,1H3,(H,14,17)(H,15,16). The number of alkyl halides is 1. The molecule has 0 saturated carbocycles. The van der Waals surface area contributed by atoms with Gasteiger partial charge in [-0.15, -0.1) is 11.6 Å². The third-order valence-corrected chi connectivity index (χ3v) is 2.46. The second-order valence-corrected chi connectivity index (χ2v) is 3.88. The Morgan fingerprint density at radius 3 is 2.41 bits per heavy atom. The summed E-state index contributed by atoms with van der Waals surface area (Å²) in [5, 5.41) is 5.26. The maximum Gasteiger partial charge on any atom is 0.251 e. The Balaban J connectivity index is 2.56. The van der Waals surface area contributed by atoms with E-state index in [0.29, 0.717) is 30.0 Å². The summed E-state index contributed by atoms with van der Waals surface area (Å²) in [4.78, 5) is 22.7. The highest BCUT2D eigenvalue weighted by molar-refractivity contribution is 6.18. The van der Waals surface area contributed by atoms with Crippen LogP contribution in [-0.4, -0.2) is 24.7 Å². The minimum Gasteiger partial charge on any atom is -0.355 e. The van der Waals surface area contributed by atoms with Crippen molar-refractivity contribution in [3.8, 4) is 0 Å². The summed E-state index contributed by atoms with van der Waals surface area (Å²) in [6.07, 6.45) is 1.06. The van der Waals surface area contributed by atoms with Crippen molar-refractivity contribution < 1.29 is 9.59 Å². The molecular weight excluding hydrogens is 240 g/mol. The number of carbonyl (C=O) groups is 2. The third kappa shape index (κ3) is 4.44. The lowest BCUT2D eigenvalue weighted by Crippen LogP contribution is -2.17. The van der Waals surface area contributed by atoms with Crippen molar-refractivity contribution >= 4 is 29.1 Å². The van der Waals surface area contributed by atoms with Crippen LogP contribution in [0.15, 0.2) is 24.3 Å². The number of hydrogen-bond acceptors (Lipinski definition) is 2. The maximum atomic E-state index is 11.4. The number of benzene rings is 1. The van der Waals surface area contributed by atoms with E-state index >= 15 is 0 Å². The van der Waals surface area contributed by atoms with Crippen molar-refractivity contribution in [3.63, 3.8) is 0 Å². The van der Waals surface area contributed by atoms with E-state index in [-0.39, 0.29) is 11.8 Å². The van der Waals surface area contributed by atoms with E-state index < -0.39 is 0 Å². The lowest BCUT2D eigenvalue weighted by Gasteiger charge is -2.05. The Morgan fingerprint density at radius 2 is 1.88 bits per heavy atom. The lowest BCUT2D eigenvalue weighted by atomic mass is 10.2. The molecule has 0 atom stereocenters. The molecule has 1 aromatic rings. The molecule has 0 fully saturated rings. The van der Waals surface area contributed by atoms with Crippen molar-refractivity contribution in [1.82, 2.24) is 5.32 Å². The highest BCUT2D eigenvalue weighted by Gasteiger charge is 2.04. The second kappa shape index (κ2) is 6.91. The molecule has 0 heterocycles. The molecule has 0 aliphatic rings. The molecule has 0 saturated heterocycles. The number of halogens is 1. The molecule has 0 aromatic heterocycles. The summed E-state index contributed by atoms with van der Waals surface area (Å²) in [5.74, 6) is 0.256. The van der Waals surface area contributed by atoms with Crippen LogP contribution in [0.2, 0.25) is 0 Å². The van der Waals surface area contributed by atoms with E-state index in [0.717, 1.165) is 0 Å². The number of hydrogen-bond donors (Lipinski definition) is 2. The molecule has 0 bridgehead atoms. The van der Waals surface area contributed by atoms with E-state index in [1.807, 2.05) is 0 Å². The zero-order valence-corrected chi connectivity index (χ0v) is 10.4. The first kappa shape index (κ1) is 13.5. The van der Waals surface area contributed by atoms with Crippen LogP contribution >= 0.6 is 11.6 Å². The van der Waals surface area contributed by atoms with Gasteiger partial charge >= 0.3 is 0 Å². The summed E-state index contributed by atoms with van der Waals surface area (Å²) in [6, 6.07) is 6.72. The molecule has 92 valence electrons. The molecule has 5 heteroatoms. The van der Waals surface area contributed by atoms with Gasteiger partial charge in [-0.25, -0.2) is 0 Å². The van der Waals surface area contributed by atoms with Crippen molar-refractivity contribution in [3.05, 3.63) is 29.8 Å². The van der Waals surface area contributed by atoms with Crippen LogP contribution in [0.25, 0.3) is 0 Å². The van der Waals surface area contributed by atoms with E-state index in [1.165, 1.54) is 0 Å². The average Bonchev–Trinajstić information content (AvgIpc) is 2.36. The Bertz CT molecular complexity index is 390. The van der Waals surface area contributed by atoms with Crippen molar-refractivity contribution in [2.45, 2.75) is 12.8 Å². The fourth-order valence-electron chi connectivity index (χ4n) is 1.30. The van der Waals surface area contributed by atoms with E-state index in [1.54, 1.807) is 31.3 Å². The molecule has 0 aliphatic heterocycles. The Kier molecular flexibility index (Phi) is 5.49. The van der Waals surface area contributed by atoms with Gasteiger partial charge in [0.05, 0.1) is 0 Å². The van der Waals surface area contributed by atoms with Crippen LogP contribution in [0.3, 0.4) is 0 Å². The summed E-state index contributed by atoms with van der Waals surface area (Å²) >= 11 is 5.50. The first-order chi connectivity index (χ1) is 8.17. The fraction of sp³-hybridized carbons (Fsp3) is 0.333. The Morgan fingerprint density at radius 1 is 1.24 bits per heavy atom. The maximum absolute atomic E-state index is 11.4. The molecule has 2 amide bonds. The molecular formula is C12H15ClN2O2. The summed E-state index contributed by atoms with van der Waals surface area (Å²) < 4.78 is 0. The Hall–Kier alpha value is -1.55.